The van der Waals surface area contributed by atoms with Crippen molar-refractivity contribution < 1.29 is 19.4 Å². The molecule has 7 heteroatoms. The molecule has 0 aliphatic carbocycles. The van der Waals surface area contributed by atoms with Gasteiger partial charge in [0.2, 0.25) is 0 Å². The van der Waals surface area contributed by atoms with Gasteiger partial charge in [0, 0.05) is 24.0 Å². The van der Waals surface area contributed by atoms with E-state index in [9.17, 15) is 14.7 Å². The topological polar surface area (TPSA) is 78.9 Å². The van der Waals surface area contributed by atoms with Crippen LogP contribution in [-0.2, 0) is 9.53 Å². The van der Waals surface area contributed by atoms with E-state index in [-0.39, 0.29) is 12.5 Å². The van der Waals surface area contributed by atoms with Gasteiger partial charge in [0.15, 0.2) is 0 Å². The predicted octanol–water partition coefficient (Wildman–Crippen LogP) is 2.86. The van der Waals surface area contributed by atoms with E-state index >= 15 is 0 Å². The number of likely N-dealkylation sites (tertiary alicyclic amines) is 1. The highest BCUT2D eigenvalue weighted by molar-refractivity contribution is 7.10. The fourth-order valence-corrected chi connectivity index (χ4v) is 3.49. The Morgan fingerprint density at radius 2 is 2.13 bits per heavy atom. The zero-order valence-electron chi connectivity index (χ0n) is 14.0. The number of thiophene rings is 1. The van der Waals surface area contributed by atoms with Crippen LogP contribution in [0.4, 0.5) is 4.79 Å². The molecule has 6 nitrogen and oxygen atoms in total. The summed E-state index contributed by atoms with van der Waals surface area (Å²) >= 11 is 1.62. The van der Waals surface area contributed by atoms with Crippen LogP contribution in [0, 0.1) is 0 Å². The third kappa shape index (κ3) is 4.68. The third-order valence-corrected chi connectivity index (χ3v) is 4.68. The van der Waals surface area contributed by atoms with Gasteiger partial charge in [-0.1, -0.05) is 6.07 Å². The lowest BCUT2D eigenvalue weighted by Gasteiger charge is -2.50. The maximum absolute atomic E-state index is 12.1. The molecule has 1 aliphatic rings. The molecule has 1 saturated heterocycles. The lowest BCUT2D eigenvalue weighted by atomic mass is 9.85. The lowest BCUT2D eigenvalue weighted by molar-refractivity contribution is -0.141. The van der Waals surface area contributed by atoms with Gasteiger partial charge < -0.3 is 20.1 Å². The van der Waals surface area contributed by atoms with Crippen molar-refractivity contribution in [1.82, 2.24) is 10.2 Å². The molecule has 0 unspecified atom stereocenters. The molecule has 1 atom stereocenters. The summed E-state index contributed by atoms with van der Waals surface area (Å²) in [7, 11) is 0. The fourth-order valence-electron chi connectivity index (χ4n) is 2.75. The summed E-state index contributed by atoms with van der Waals surface area (Å²) in [5, 5.41) is 14.6. The molecule has 1 fully saturated rings. The molecule has 0 bridgehead atoms. The molecule has 1 aromatic rings. The van der Waals surface area contributed by atoms with E-state index in [2.05, 4.69) is 5.32 Å². The summed E-state index contributed by atoms with van der Waals surface area (Å²) in [5.41, 5.74) is -1.16. The number of hydrogen-bond acceptors (Lipinski definition) is 5. The normalized spacial score (nSPS) is 18.2. The van der Waals surface area contributed by atoms with Crippen molar-refractivity contribution >= 4 is 23.4 Å². The van der Waals surface area contributed by atoms with Crippen molar-refractivity contribution in [2.75, 3.05) is 13.1 Å². The minimum Gasteiger partial charge on any atom is -0.481 e. The van der Waals surface area contributed by atoms with Crippen LogP contribution in [0.15, 0.2) is 17.5 Å². The molecule has 2 rings (SSSR count). The van der Waals surface area contributed by atoms with E-state index in [4.69, 9.17) is 4.74 Å². The van der Waals surface area contributed by atoms with Crippen LogP contribution < -0.4 is 5.32 Å². The highest BCUT2D eigenvalue weighted by Gasteiger charge is 2.48. The second-order valence-corrected chi connectivity index (χ2v) is 8.05. The largest absolute Gasteiger partial charge is 0.481 e. The van der Waals surface area contributed by atoms with E-state index in [0.29, 0.717) is 13.1 Å². The van der Waals surface area contributed by atoms with Gasteiger partial charge in [0.25, 0.3) is 0 Å². The number of aliphatic carboxylic acids is 1. The summed E-state index contributed by atoms with van der Waals surface area (Å²) in [5.74, 6) is -0.875. The van der Waals surface area contributed by atoms with Gasteiger partial charge in [-0.3, -0.25) is 4.79 Å². The number of amides is 1. The van der Waals surface area contributed by atoms with E-state index in [1.165, 1.54) is 0 Å². The Hall–Kier alpha value is -1.60. The fraction of sp³-hybridized carbons (Fsp3) is 0.625. The zero-order chi connectivity index (χ0) is 17.3. The van der Waals surface area contributed by atoms with Crippen molar-refractivity contribution in [2.45, 2.75) is 51.3 Å². The molecule has 0 radical (unpaired) electrons. The first-order valence-electron chi connectivity index (χ1n) is 7.61. The zero-order valence-corrected chi connectivity index (χ0v) is 14.8. The number of carbonyl (C=O) groups is 2. The second kappa shape index (κ2) is 6.49. The molecule has 1 amide bonds. The first-order valence-corrected chi connectivity index (χ1v) is 8.49. The Morgan fingerprint density at radius 1 is 1.48 bits per heavy atom. The van der Waals surface area contributed by atoms with Crippen LogP contribution in [0.1, 0.15) is 45.0 Å². The first-order chi connectivity index (χ1) is 10.6. The van der Waals surface area contributed by atoms with E-state index in [1.54, 1.807) is 16.2 Å². The number of carboxylic acids is 1. The van der Waals surface area contributed by atoms with Gasteiger partial charge in [-0.25, -0.2) is 4.79 Å². The number of carbonyl (C=O) groups excluding carboxylic acids is 1. The Labute approximate surface area is 140 Å². The number of carboxylic acid groups (broad SMARTS) is 1. The molecular weight excluding hydrogens is 316 g/mol. The molecule has 2 N–H and O–H groups in total. The van der Waals surface area contributed by atoms with Crippen LogP contribution in [0.5, 0.6) is 0 Å². The van der Waals surface area contributed by atoms with Gasteiger partial charge in [-0.05, 0) is 39.1 Å². The maximum atomic E-state index is 12.1. The smallest absolute Gasteiger partial charge is 0.410 e. The van der Waals surface area contributed by atoms with Gasteiger partial charge in [-0.15, -0.1) is 11.3 Å². The van der Waals surface area contributed by atoms with Crippen molar-refractivity contribution in [3.05, 3.63) is 22.4 Å². The van der Waals surface area contributed by atoms with Crippen molar-refractivity contribution in [2.24, 2.45) is 0 Å². The third-order valence-electron chi connectivity index (χ3n) is 3.62. The number of rotatable bonds is 5. The average molecular weight is 340 g/mol. The summed E-state index contributed by atoms with van der Waals surface area (Å²) in [6, 6.07) is 4.02. The Morgan fingerprint density at radius 3 is 2.61 bits per heavy atom. The van der Waals surface area contributed by atoms with Crippen molar-refractivity contribution in [3.8, 4) is 0 Å². The summed E-state index contributed by atoms with van der Waals surface area (Å²) in [6.45, 7) is 8.12. The van der Waals surface area contributed by atoms with Crippen LogP contribution in [-0.4, -0.2) is 46.3 Å². The molecule has 128 valence electrons. The van der Waals surface area contributed by atoms with Crippen molar-refractivity contribution in [1.29, 1.82) is 0 Å². The number of hydrogen-bond donors (Lipinski definition) is 2. The highest BCUT2D eigenvalue weighted by Crippen LogP contribution is 2.31. The Balaban J connectivity index is 2.00. The molecule has 0 aromatic carbocycles. The van der Waals surface area contributed by atoms with Gasteiger partial charge >= 0.3 is 12.1 Å². The number of ether oxygens (including phenoxy) is 1. The standard InChI is InChI=1S/C16H24N2O4S/c1-11(12-6-5-7-23-12)17-16(8-13(19)20)9-18(10-16)14(21)22-15(2,3)4/h5-7,11,17H,8-10H2,1-4H3,(H,19,20)/t11-/m1/s1. The van der Waals surface area contributed by atoms with E-state index in [0.717, 1.165) is 4.88 Å². The monoisotopic (exact) mass is 340 g/mol. The number of nitrogens with zero attached hydrogens (tertiary/aromatic N) is 1. The SMILES string of the molecule is C[C@@H](NC1(CC(=O)O)CN(C(=O)OC(C)(C)C)C1)c1cccs1. The maximum Gasteiger partial charge on any atom is 0.410 e. The van der Waals surface area contributed by atoms with Crippen molar-refractivity contribution in [3.63, 3.8) is 0 Å². The molecule has 23 heavy (non-hydrogen) atoms. The quantitative estimate of drug-likeness (QED) is 0.862. The summed E-state index contributed by atoms with van der Waals surface area (Å²) in [6.07, 6.45) is -0.425. The van der Waals surface area contributed by atoms with E-state index < -0.39 is 23.2 Å². The molecule has 0 spiro atoms. The summed E-state index contributed by atoms with van der Waals surface area (Å²) in [4.78, 5) is 26.0. The van der Waals surface area contributed by atoms with Crippen LogP contribution in [0.3, 0.4) is 0 Å². The second-order valence-electron chi connectivity index (χ2n) is 7.07. The minimum absolute atomic E-state index is 0.0258. The van der Waals surface area contributed by atoms with E-state index in [1.807, 2.05) is 45.2 Å². The minimum atomic E-state index is -0.875. The molecule has 0 saturated carbocycles. The Kier molecular flexibility index (Phi) is 5.01. The predicted molar refractivity (Wildman–Crippen MR) is 88.7 cm³/mol. The average Bonchev–Trinajstić information content (AvgIpc) is 2.85. The number of nitrogens with one attached hydrogen (secondary N) is 1. The van der Waals surface area contributed by atoms with Crippen LogP contribution >= 0.6 is 11.3 Å². The summed E-state index contributed by atoms with van der Waals surface area (Å²) < 4.78 is 5.33. The van der Waals surface area contributed by atoms with Gasteiger partial charge in [0.1, 0.15) is 5.60 Å². The van der Waals surface area contributed by atoms with Crippen LogP contribution in [0.25, 0.3) is 0 Å². The lowest BCUT2D eigenvalue weighted by Crippen LogP contribution is -2.71. The highest BCUT2D eigenvalue weighted by atomic mass is 32.1. The molecule has 2 heterocycles. The Bertz CT molecular complexity index is 559. The molecule has 1 aliphatic heterocycles. The van der Waals surface area contributed by atoms with Gasteiger partial charge in [0.05, 0.1) is 12.0 Å². The molecular formula is C16H24N2O4S. The first kappa shape index (κ1) is 17.7. The molecule has 1 aromatic heterocycles. The van der Waals surface area contributed by atoms with Gasteiger partial charge in [-0.2, -0.15) is 0 Å². The van der Waals surface area contributed by atoms with Crippen LogP contribution in [0.2, 0.25) is 0 Å².